The number of urea groups is 1. The highest BCUT2D eigenvalue weighted by Gasteiger charge is 2.47. The van der Waals surface area contributed by atoms with Crippen LogP contribution in [-0.4, -0.2) is 58.2 Å². The van der Waals surface area contributed by atoms with Crippen LogP contribution in [0, 0.1) is 0 Å². The summed E-state index contributed by atoms with van der Waals surface area (Å²) in [6, 6.07) is 23.6. The molecule has 0 aromatic heterocycles. The summed E-state index contributed by atoms with van der Waals surface area (Å²) in [5.74, 6) is -0.294. The van der Waals surface area contributed by atoms with Gasteiger partial charge in [0.15, 0.2) is 0 Å². The van der Waals surface area contributed by atoms with E-state index in [-0.39, 0.29) is 24.4 Å². The third-order valence-corrected chi connectivity index (χ3v) is 8.40. The van der Waals surface area contributed by atoms with E-state index in [1.807, 2.05) is 66.4 Å². The molecule has 40 heavy (non-hydrogen) atoms. The van der Waals surface area contributed by atoms with Crippen LogP contribution in [0.1, 0.15) is 35.2 Å². The Hall–Kier alpha value is -4.10. The third-order valence-electron chi connectivity index (χ3n) is 8.14. The number of rotatable bonds is 6. The topological polar surface area (TPSA) is 73.0 Å². The molecule has 6 rings (SSSR count). The van der Waals surface area contributed by atoms with E-state index in [1.165, 1.54) is 5.56 Å². The summed E-state index contributed by atoms with van der Waals surface area (Å²) < 4.78 is 0. The Kier molecular flexibility index (Phi) is 7.07. The number of hydrogen-bond acceptors (Lipinski definition) is 3. The van der Waals surface area contributed by atoms with Crippen molar-refractivity contribution in [3.8, 4) is 0 Å². The molecule has 3 aliphatic heterocycles. The van der Waals surface area contributed by atoms with E-state index in [4.69, 9.17) is 11.6 Å². The number of halogens is 1. The minimum Gasteiger partial charge on any atom is -0.336 e. The molecule has 0 bridgehead atoms. The second-order valence-electron chi connectivity index (χ2n) is 10.5. The van der Waals surface area contributed by atoms with Crippen molar-refractivity contribution < 1.29 is 14.4 Å². The molecule has 0 spiro atoms. The van der Waals surface area contributed by atoms with Crippen molar-refractivity contribution in [3.05, 3.63) is 117 Å². The van der Waals surface area contributed by atoms with E-state index in [1.54, 1.807) is 21.9 Å². The van der Waals surface area contributed by atoms with Crippen molar-refractivity contribution in [2.45, 2.75) is 38.4 Å². The molecule has 3 heterocycles. The van der Waals surface area contributed by atoms with Gasteiger partial charge in [0.2, 0.25) is 5.91 Å². The van der Waals surface area contributed by atoms with Gasteiger partial charge in [0.1, 0.15) is 6.04 Å². The Morgan fingerprint density at radius 3 is 2.38 bits per heavy atom. The Bertz CT molecular complexity index is 1490. The van der Waals surface area contributed by atoms with E-state index in [2.05, 4.69) is 17.4 Å². The van der Waals surface area contributed by atoms with Gasteiger partial charge in [-0.2, -0.15) is 0 Å². The van der Waals surface area contributed by atoms with Crippen LogP contribution in [-0.2, 0) is 29.0 Å². The summed E-state index contributed by atoms with van der Waals surface area (Å²) in [6.07, 6.45) is 1.17. The fraction of sp³-hybridized carbons (Fsp3) is 0.281. The van der Waals surface area contributed by atoms with Gasteiger partial charge >= 0.3 is 6.03 Å². The third kappa shape index (κ3) is 4.75. The molecule has 1 N–H and O–H groups in total. The predicted octanol–water partition coefficient (Wildman–Crippen LogP) is 4.72. The molecule has 3 aliphatic rings. The molecule has 7 nitrogen and oxygen atoms in total. The number of carbonyl (C=O) groups is 3. The van der Waals surface area contributed by atoms with Crippen LogP contribution in [0.25, 0.3) is 0 Å². The summed E-state index contributed by atoms with van der Waals surface area (Å²) in [5.41, 5.74) is 5.32. The number of hydrogen-bond donors (Lipinski definition) is 1. The first-order chi connectivity index (χ1) is 19.4. The first-order valence-corrected chi connectivity index (χ1v) is 14.1. The molecule has 0 radical (unpaired) electrons. The van der Waals surface area contributed by atoms with Crippen molar-refractivity contribution in [1.29, 1.82) is 0 Å². The van der Waals surface area contributed by atoms with Gasteiger partial charge in [-0.25, -0.2) is 4.79 Å². The van der Waals surface area contributed by atoms with E-state index in [0.717, 1.165) is 23.1 Å². The van der Waals surface area contributed by atoms with Crippen LogP contribution in [0.15, 0.2) is 90.1 Å². The maximum absolute atomic E-state index is 14.3. The highest BCUT2D eigenvalue weighted by atomic mass is 35.5. The van der Waals surface area contributed by atoms with Crippen LogP contribution in [0.3, 0.4) is 0 Å². The van der Waals surface area contributed by atoms with E-state index >= 15 is 0 Å². The Balaban J connectivity index is 1.36. The lowest BCUT2D eigenvalue weighted by Gasteiger charge is -2.35. The van der Waals surface area contributed by atoms with Crippen LogP contribution in [0.2, 0.25) is 5.02 Å². The molecule has 8 heteroatoms. The Morgan fingerprint density at radius 1 is 0.950 bits per heavy atom. The van der Waals surface area contributed by atoms with E-state index in [0.29, 0.717) is 42.3 Å². The minimum atomic E-state index is -0.703. The fourth-order valence-electron chi connectivity index (χ4n) is 6.07. The van der Waals surface area contributed by atoms with Gasteiger partial charge in [-0.05, 0) is 47.7 Å². The van der Waals surface area contributed by atoms with Crippen molar-refractivity contribution >= 4 is 29.4 Å². The SMILES string of the molecule is CCN1C(=O)N[C@@H](c2ccc(Cl)cc2)C2=C1CN([C@H](Cc1ccccc1)C(=O)N1CCc3ccccc3C1)C2=O. The van der Waals surface area contributed by atoms with Crippen molar-refractivity contribution in [3.63, 3.8) is 0 Å². The number of likely N-dealkylation sites (N-methyl/N-ethyl adjacent to an activating group) is 1. The second-order valence-corrected chi connectivity index (χ2v) is 10.9. The highest BCUT2D eigenvalue weighted by molar-refractivity contribution is 6.30. The van der Waals surface area contributed by atoms with Crippen LogP contribution < -0.4 is 5.32 Å². The standard InChI is InChI=1S/C32H31ClN4O3/c1-2-36-27-20-37(31(39)28(27)29(34-32(36)40)23-12-14-25(33)15-13-23)26(18-21-8-4-3-5-9-21)30(38)35-17-16-22-10-6-7-11-24(22)19-35/h3-15,26,29H,2,16-20H2,1H3,(H,34,40)/t26-,29+/m1/s1. The Labute approximate surface area is 239 Å². The first kappa shape index (κ1) is 26.1. The number of fused-ring (bicyclic) bond motifs is 1. The van der Waals surface area contributed by atoms with Gasteiger partial charge in [-0.1, -0.05) is 78.3 Å². The van der Waals surface area contributed by atoms with E-state index in [9.17, 15) is 14.4 Å². The van der Waals surface area contributed by atoms with E-state index < -0.39 is 12.1 Å². The van der Waals surface area contributed by atoms with Gasteiger partial charge < -0.3 is 15.1 Å². The lowest BCUT2D eigenvalue weighted by molar-refractivity contribution is -0.143. The Morgan fingerprint density at radius 2 is 1.65 bits per heavy atom. The fourth-order valence-corrected chi connectivity index (χ4v) is 6.19. The minimum absolute atomic E-state index is 0.0723. The maximum Gasteiger partial charge on any atom is 0.322 e. The largest absolute Gasteiger partial charge is 0.336 e. The lowest BCUT2D eigenvalue weighted by atomic mass is 9.95. The zero-order chi connectivity index (χ0) is 27.8. The number of nitrogens with zero attached hydrogens (tertiary/aromatic N) is 3. The summed E-state index contributed by atoms with van der Waals surface area (Å²) in [6.45, 7) is 3.62. The molecule has 0 aliphatic carbocycles. The molecule has 2 atom stereocenters. The summed E-state index contributed by atoms with van der Waals surface area (Å²) >= 11 is 6.12. The average molecular weight is 555 g/mol. The number of amides is 4. The van der Waals surface area contributed by atoms with Gasteiger partial charge in [0.25, 0.3) is 5.91 Å². The molecular weight excluding hydrogens is 524 g/mol. The monoisotopic (exact) mass is 554 g/mol. The molecule has 0 unspecified atom stereocenters. The van der Waals surface area contributed by atoms with Crippen LogP contribution in [0.4, 0.5) is 4.79 Å². The summed E-state index contributed by atoms with van der Waals surface area (Å²) in [5, 5.41) is 3.59. The molecule has 3 aromatic carbocycles. The number of nitrogens with one attached hydrogen (secondary N) is 1. The average Bonchev–Trinajstić information content (AvgIpc) is 3.32. The van der Waals surface area contributed by atoms with Gasteiger partial charge in [-0.3, -0.25) is 14.5 Å². The van der Waals surface area contributed by atoms with Crippen molar-refractivity contribution in [2.24, 2.45) is 0 Å². The zero-order valence-corrected chi connectivity index (χ0v) is 23.1. The molecule has 0 fully saturated rings. The molecular formula is C32H31ClN4O3. The molecule has 204 valence electrons. The molecule has 4 amide bonds. The highest BCUT2D eigenvalue weighted by Crippen LogP contribution is 2.38. The van der Waals surface area contributed by atoms with Gasteiger partial charge in [0, 0.05) is 31.1 Å². The van der Waals surface area contributed by atoms with Crippen LogP contribution >= 0.6 is 11.6 Å². The number of carbonyl (C=O) groups excluding carboxylic acids is 3. The molecule has 0 saturated carbocycles. The lowest BCUT2D eigenvalue weighted by Crippen LogP contribution is -2.52. The summed E-state index contributed by atoms with van der Waals surface area (Å²) in [7, 11) is 0. The maximum atomic E-state index is 14.3. The predicted molar refractivity (Wildman–Crippen MR) is 153 cm³/mol. The molecule has 3 aromatic rings. The smallest absolute Gasteiger partial charge is 0.322 e. The molecule has 0 saturated heterocycles. The van der Waals surface area contributed by atoms with Gasteiger partial charge in [-0.15, -0.1) is 0 Å². The second kappa shape index (κ2) is 10.8. The first-order valence-electron chi connectivity index (χ1n) is 13.7. The van der Waals surface area contributed by atoms with Crippen molar-refractivity contribution in [2.75, 3.05) is 19.6 Å². The van der Waals surface area contributed by atoms with Crippen LogP contribution in [0.5, 0.6) is 0 Å². The van der Waals surface area contributed by atoms with Gasteiger partial charge in [0.05, 0.1) is 23.9 Å². The number of benzene rings is 3. The summed E-state index contributed by atoms with van der Waals surface area (Å²) in [4.78, 5) is 46.8. The van der Waals surface area contributed by atoms with Crippen molar-refractivity contribution in [1.82, 2.24) is 20.0 Å². The quantitative estimate of drug-likeness (QED) is 0.479. The zero-order valence-electron chi connectivity index (χ0n) is 22.3. The normalized spacial score (nSPS) is 19.4.